The molecule has 3 aromatic rings. The summed E-state index contributed by atoms with van der Waals surface area (Å²) in [6.07, 6.45) is 0. The van der Waals surface area contributed by atoms with Crippen LogP contribution in [0.3, 0.4) is 0 Å². The first-order valence-corrected chi connectivity index (χ1v) is 9.60. The SMILES string of the molecule is Cc1ccc(NC(=O)Cn2nnc(C(=O)Nc3cc(Cl)cc(Cl)c3)c2C)cc1Cl. The van der Waals surface area contributed by atoms with E-state index in [4.69, 9.17) is 34.8 Å². The largest absolute Gasteiger partial charge is 0.324 e. The van der Waals surface area contributed by atoms with E-state index in [2.05, 4.69) is 20.9 Å². The fourth-order valence-electron chi connectivity index (χ4n) is 2.54. The standard InChI is InChI=1S/C19H16Cl3N5O2/c1-10-3-4-14(8-16(10)22)23-17(28)9-27-11(2)18(25-26-27)19(29)24-15-6-12(20)5-13(21)7-15/h3-8H,9H2,1-2H3,(H,23,28)(H,24,29). The molecule has 0 aliphatic rings. The minimum Gasteiger partial charge on any atom is -0.324 e. The maximum absolute atomic E-state index is 12.5. The molecule has 0 unspecified atom stereocenters. The third-order valence-electron chi connectivity index (χ3n) is 4.07. The molecule has 0 radical (unpaired) electrons. The Kier molecular flexibility index (Phi) is 6.42. The molecule has 2 N–H and O–H groups in total. The number of halogens is 3. The van der Waals surface area contributed by atoms with Gasteiger partial charge in [-0.3, -0.25) is 9.59 Å². The maximum atomic E-state index is 12.5. The molecule has 10 heteroatoms. The van der Waals surface area contributed by atoms with Crippen LogP contribution in [0, 0.1) is 13.8 Å². The van der Waals surface area contributed by atoms with E-state index in [1.165, 1.54) is 4.68 Å². The predicted octanol–water partition coefficient (Wildman–Crippen LogP) is 4.75. The first-order chi connectivity index (χ1) is 13.7. The van der Waals surface area contributed by atoms with Crippen LogP contribution >= 0.6 is 34.8 Å². The van der Waals surface area contributed by atoms with Crippen LogP contribution < -0.4 is 10.6 Å². The molecule has 0 atom stereocenters. The van der Waals surface area contributed by atoms with Crippen LogP contribution in [-0.2, 0) is 11.3 Å². The Bertz CT molecular complexity index is 1080. The number of amides is 2. The molecule has 0 fully saturated rings. The minimum atomic E-state index is -0.488. The lowest BCUT2D eigenvalue weighted by molar-refractivity contribution is -0.117. The molecule has 7 nitrogen and oxygen atoms in total. The average molecular weight is 453 g/mol. The molecule has 2 amide bonds. The Balaban J connectivity index is 1.68. The Morgan fingerprint density at radius 2 is 1.66 bits per heavy atom. The summed E-state index contributed by atoms with van der Waals surface area (Å²) in [5.74, 6) is -0.815. The molecule has 150 valence electrons. The van der Waals surface area contributed by atoms with E-state index < -0.39 is 5.91 Å². The van der Waals surface area contributed by atoms with Crippen molar-refractivity contribution >= 4 is 58.0 Å². The Hall–Kier alpha value is -2.61. The summed E-state index contributed by atoms with van der Waals surface area (Å²) in [6.45, 7) is 3.41. The van der Waals surface area contributed by atoms with Gasteiger partial charge in [-0.05, 0) is 49.7 Å². The molecule has 0 aliphatic heterocycles. The Morgan fingerprint density at radius 1 is 0.966 bits per heavy atom. The van der Waals surface area contributed by atoms with Gasteiger partial charge in [-0.25, -0.2) is 4.68 Å². The zero-order valence-electron chi connectivity index (χ0n) is 15.5. The third-order valence-corrected chi connectivity index (χ3v) is 4.91. The van der Waals surface area contributed by atoms with Gasteiger partial charge in [0.2, 0.25) is 5.91 Å². The van der Waals surface area contributed by atoms with Crippen molar-refractivity contribution in [2.75, 3.05) is 10.6 Å². The predicted molar refractivity (Wildman–Crippen MR) is 114 cm³/mol. The summed E-state index contributed by atoms with van der Waals surface area (Å²) in [4.78, 5) is 24.8. The van der Waals surface area contributed by atoms with Gasteiger partial charge in [0, 0.05) is 26.4 Å². The van der Waals surface area contributed by atoms with E-state index in [0.717, 1.165) is 5.56 Å². The van der Waals surface area contributed by atoms with E-state index in [1.54, 1.807) is 37.3 Å². The van der Waals surface area contributed by atoms with Crippen LogP contribution in [0.1, 0.15) is 21.7 Å². The van der Waals surface area contributed by atoms with Gasteiger partial charge >= 0.3 is 0 Å². The molecule has 1 aromatic heterocycles. The van der Waals surface area contributed by atoms with Gasteiger partial charge in [-0.15, -0.1) is 5.10 Å². The number of carbonyl (C=O) groups is 2. The highest BCUT2D eigenvalue weighted by molar-refractivity contribution is 6.35. The minimum absolute atomic E-state index is 0.0901. The molecular weight excluding hydrogens is 437 g/mol. The van der Waals surface area contributed by atoms with Gasteiger partial charge in [-0.2, -0.15) is 0 Å². The van der Waals surface area contributed by atoms with Gasteiger partial charge in [0.1, 0.15) is 6.54 Å². The van der Waals surface area contributed by atoms with Crippen molar-refractivity contribution in [2.24, 2.45) is 0 Å². The number of hydrogen-bond donors (Lipinski definition) is 2. The number of nitrogens with zero attached hydrogens (tertiary/aromatic N) is 3. The Morgan fingerprint density at radius 3 is 2.31 bits per heavy atom. The molecule has 3 rings (SSSR count). The fourth-order valence-corrected chi connectivity index (χ4v) is 3.25. The summed E-state index contributed by atoms with van der Waals surface area (Å²) in [5.41, 5.74) is 2.43. The highest BCUT2D eigenvalue weighted by Gasteiger charge is 2.18. The molecule has 0 spiro atoms. The third kappa shape index (κ3) is 5.26. The second-order valence-electron chi connectivity index (χ2n) is 6.31. The van der Waals surface area contributed by atoms with Crippen LogP contribution in [0.2, 0.25) is 15.1 Å². The molecule has 1 heterocycles. The smallest absolute Gasteiger partial charge is 0.278 e. The summed E-state index contributed by atoms with van der Waals surface area (Å²) in [7, 11) is 0. The summed E-state index contributed by atoms with van der Waals surface area (Å²) >= 11 is 17.9. The highest BCUT2D eigenvalue weighted by atomic mass is 35.5. The van der Waals surface area contributed by atoms with Crippen molar-refractivity contribution in [1.29, 1.82) is 0 Å². The molecule has 0 aliphatic carbocycles. The van der Waals surface area contributed by atoms with Crippen molar-refractivity contribution in [3.05, 3.63) is 68.4 Å². The quantitative estimate of drug-likeness (QED) is 0.585. The summed E-state index contributed by atoms with van der Waals surface area (Å²) < 4.78 is 1.34. The monoisotopic (exact) mass is 451 g/mol. The summed E-state index contributed by atoms with van der Waals surface area (Å²) in [5, 5.41) is 14.5. The number of aromatic nitrogens is 3. The molecule has 2 aromatic carbocycles. The van der Waals surface area contributed by atoms with Crippen LogP contribution in [0.5, 0.6) is 0 Å². The number of benzene rings is 2. The zero-order valence-corrected chi connectivity index (χ0v) is 17.7. The number of aryl methyl sites for hydroxylation is 1. The fraction of sp³-hybridized carbons (Fsp3) is 0.158. The van der Waals surface area contributed by atoms with Crippen molar-refractivity contribution in [3.63, 3.8) is 0 Å². The molecular formula is C19H16Cl3N5O2. The molecule has 0 saturated heterocycles. The van der Waals surface area contributed by atoms with Crippen molar-refractivity contribution in [3.8, 4) is 0 Å². The van der Waals surface area contributed by atoms with Crippen molar-refractivity contribution in [1.82, 2.24) is 15.0 Å². The normalized spacial score (nSPS) is 10.7. The van der Waals surface area contributed by atoms with E-state index in [-0.39, 0.29) is 18.1 Å². The molecule has 0 bridgehead atoms. The van der Waals surface area contributed by atoms with Crippen LogP contribution in [0.25, 0.3) is 0 Å². The summed E-state index contributed by atoms with van der Waals surface area (Å²) in [6, 6.07) is 9.90. The van der Waals surface area contributed by atoms with Crippen LogP contribution in [0.4, 0.5) is 11.4 Å². The van der Waals surface area contributed by atoms with E-state index in [9.17, 15) is 9.59 Å². The van der Waals surface area contributed by atoms with E-state index in [1.807, 2.05) is 13.0 Å². The lowest BCUT2D eigenvalue weighted by Gasteiger charge is -2.08. The number of carbonyl (C=O) groups excluding carboxylic acids is 2. The topological polar surface area (TPSA) is 88.9 Å². The number of rotatable bonds is 5. The van der Waals surface area contributed by atoms with Crippen LogP contribution in [-0.4, -0.2) is 26.8 Å². The maximum Gasteiger partial charge on any atom is 0.278 e. The van der Waals surface area contributed by atoms with Gasteiger partial charge in [0.05, 0.1) is 5.69 Å². The zero-order chi connectivity index (χ0) is 21.1. The van der Waals surface area contributed by atoms with Crippen LogP contribution in [0.15, 0.2) is 36.4 Å². The number of hydrogen-bond acceptors (Lipinski definition) is 4. The van der Waals surface area contributed by atoms with Gasteiger partial charge < -0.3 is 10.6 Å². The number of nitrogens with one attached hydrogen (secondary N) is 2. The second-order valence-corrected chi connectivity index (χ2v) is 7.59. The van der Waals surface area contributed by atoms with Crippen molar-refractivity contribution < 1.29 is 9.59 Å². The molecule has 29 heavy (non-hydrogen) atoms. The average Bonchev–Trinajstić information content (AvgIpc) is 2.98. The highest BCUT2D eigenvalue weighted by Crippen LogP contribution is 2.23. The van der Waals surface area contributed by atoms with Gasteiger partial charge in [0.15, 0.2) is 5.69 Å². The molecule has 0 saturated carbocycles. The number of anilines is 2. The van der Waals surface area contributed by atoms with Gasteiger partial charge in [0.25, 0.3) is 5.91 Å². The van der Waals surface area contributed by atoms with E-state index in [0.29, 0.717) is 32.1 Å². The van der Waals surface area contributed by atoms with E-state index >= 15 is 0 Å². The Labute approximate surface area is 181 Å². The lowest BCUT2D eigenvalue weighted by atomic mass is 10.2. The second kappa shape index (κ2) is 8.82. The first-order valence-electron chi connectivity index (χ1n) is 8.46. The first kappa shape index (κ1) is 21.1. The lowest BCUT2D eigenvalue weighted by Crippen LogP contribution is -2.21. The van der Waals surface area contributed by atoms with Gasteiger partial charge in [-0.1, -0.05) is 46.1 Å². The van der Waals surface area contributed by atoms with Crippen molar-refractivity contribution in [2.45, 2.75) is 20.4 Å².